The molecule has 3 aromatic heterocycles. The fourth-order valence-electron chi connectivity index (χ4n) is 3.66. The van der Waals surface area contributed by atoms with Crippen molar-refractivity contribution in [2.45, 2.75) is 19.3 Å². The molecule has 34 heavy (non-hydrogen) atoms. The molecule has 5 aromatic rings. The standard InChI is InChI=1S/C22H13F6N5O/c1-11-2-4-15-13(8-11)14-9-12(21(23,24)25)3-5-16(14)33(15)18-6-7-29-20(30-18)34-19-10-17(31-32-19)22(26,27)28/h2-10H,1H3,(H,31,32). The van der Waals surface area contributed by atoms with Crippen LogP contribution in [0.3, 0.4) is 0 Å². The highest BCUT2D eigenvalue weighted by Gasteiger charge is 2.34. The molecular weight excluding hydrogens is 464 g/mol. The number of halogens is 6. The molecule has 0 aliphatic carbocycles. The molecule has 0 aliphatic rings. The first kappa shape index (κ1) is 21.7. The molecule has 0 aliphatic heterocycles. The molecule has 6 nitrogen and oxygen atoms in total. The number of ether oxygens (including phenoxy) is 1. The lowest BCUT2D eigenvalue weighted by atomic mass is 10.1. The number of nitrogens with one attached hydrogen (secondary N) is 1. The van der Waals surface area contributed by atoms with E-state index < -0.39 is 29.5 Å². The van der Waals surface area contributed by atoms with Crippen LogP contribution in [0.1, 0.15) is 16.8 Å². The lowest BCUT2D eigenvalue weighted by molar-refractivity contribution is -0.141. The number of alkyl halides is 6. The Morgan fingerprint density at radius 1 is 0.853 bits per heavy atom. The Morgan fingerprint density at radius 3 is 2.24 bits per heavy atom. The molecule has 0 atom stereocenters. The number of aryl methyl sites for hydroxylation is 1. The van der Waals surface area contributed by atoms with Crippen LogP contribution < -0.4 is 4.74 Å². The minimum Gasteiger partial charge on any atom is -0.404 e. The zero-order valence-corrected chi connectivity index (χ0v) is 17.2. The van der Waals surface area contributed by atoms with Crippen molar-refractivity contribution < 1.29 is 31.1 Å². The van der Waals surface area contributed by atoms with E-state index in [0.717, 1.165) is 17.7 Å². The van der Waals surface area contributed by atoms with Gasteiger partial charge in [0.25, 0.3) is 0 Å². The molecule has 0 bridgehead atoms. The number of fused-ring (bicyclic) bond motifs is 3. The third-order valence-corrected chi connectivity index (χ3v) is 5.15. The van der Waals surface area contributed by atoms with Crippen molar-refractivity contribution in [3.63, 3.8) is 0 Å². The molecule has 12 heteroatoms. The maximum atomic E-state index is 13.3. The fraction of sp³-hybridized carbons (Fsp3) is 0.136. The Labute approximate surface area is 186 Å². The molecule has 0 amide bonds. The van der Waals surface area contributed by atoms with E-state index in [9.17, 15) is 26.3 Å². The lowest BCUT2D eigenvalue weighted by Gasteiger charge is -2.09. The Balaban J connectivity index is 1.63. The van der Waals surface area contributed by atoms with Crippen LogP contribution >= 0.6 is 0 Å². The minimum absolute atomic E-state index is 0.250. The van der Waals surface area contributed by atoms with E-state index >= 15 is 0 Å². The number of hydrogen-bond acceptors (Lipinski definition) is 4. The maximum absolute atomic E-state index is 13.3. The van der Waals surface area contributed by atoms with E-state index in [1.165, 1.54) is 18.3 Å². The number of hydrogen-bond donors (Lipinski definition) is 1. The number of benzene rings is 2. The third kappa shape index (κ3) is 3.80. The van der Waals surface area contributed by atoms with Crippen molar-refractivity contribution in [2.75, 3.05) is 0 Å². The van der Waals surface area contributed by atoms with Crippen LogP contribution in [0.2, 0.25) is 0 Å². The van der Waals surface area contributed by atoms with Crippen molar-refractivity contribution in [3.8, 4) is 17.7 Å². The summed E-state index contributed by atoms with van der Waals surface area (Å²) in [4.78, 5) is 8.15. The Kier molecular flexibility index (Phi) is 4.78. The number of rotatable bonds is 3. The molecule has 174 valence electrons. The van der Waals surface area contributed by atoms with E-state index in [-0.39, 0.29) is 11.8 Å². The largest absolute Gasteiger partial charge is 0.432 e. The summed E-state index contributed by atoms with van der Waals surface area (Å²) >= 11 is 0. The molecular formula is C22H13F6N5O. The second kappa shape index (κ2) is 7.47. The van der Waals surface area contributed by atoms with Gasteiger partial charge in [-0.2, -0.15) is 31.3 Å². The van der Waals surface area contributed by atoms with Crippen molar-refractivity contribution in [2.24, 2.45) is 0 Å². The minimum atomic E-state index is -4.63. The van der Waals surface area contributed by atoms with Crippen LogP contribution in [-0.2, 0) is 12.4 Å². The van der Waals surface area contributed by atoms with Gasteiger partial charge < -0.3 is 4.74 Å². The van der Waals surface area contributed by atoms with Crippen LogP contribution in [0.4, 0.5) is 26.3 Å². The van der Waals surface area contributed by atoms with Gasteiger partial charge in [0.15, 0.2) is 0 Å². The van der Waals surface area contributed by atoms with Gasteiger partial charge in [-0.3, -0.25) is 9.67 Å². The van der Waals surface area contributed by atoms with E-state index in [0.29, 0.717) is 27.9 Å². The van der Waals surface area contributed by atoms with Gasteiger partial charge in [0.2, 0.25) is 5.88 Å². The van der Waals surface area contributed by atoms with E-state index in [1.807, 2.05) is 18.1 Å². The second-order valence-electron chi connectivity index (χ2n) is 7.50. The maximum Gasteiger partial charge on any atom is 0.432 e. The smallest absolute Gasteiger partial charge is 0.404 e. The Morgan fingerprint density at radius 2 is 1.56 bits per heavy atom. The topological polar surface area (TPSA) is 68.6 Å². The Bertz CT molecular complexity index is 1530. The summed E-state index contributed by atoms with van der Waals surface area (Å²) in [5.74, 6) is -0.141. The summed E-state index contributed by atoms with van der Waals surface area (Å²) in [5.41, 5.74) is 0.0129. The molecule has 0 saturated carbocycles. The summed E-state index contributed by atoms with van der Waals surface area (Å²) in [5, 5.41) is 6.24. The molecule has 1 N–H and O–H groups in total. The van der Waals surface area contributed by atoms with Gasteiger partial charge in [0.1, 0.15) is 11.5 Å². The van der Waals surface area contributed by atoms with Crippen molar-refractivity contribution >= 4 is 21.8 Å². The summed E-state index contributed by atoms with van der Waals surface area (Å²) in [6.45, 7) is 1.83. The molecule has 0 unspecified atom stereocenters. The SMILES string of the molecule is Cc1ccc2c(c1)c1cc(C(F)(F)F)ccc1n2-c1ccnc(Oc2cc(C(F)(F)F)[nH]n2)n1. The van der Waals surface area contributed by atoms with Gasteiger partial charge in [0, 0.05) is 29.1 Å². The van der Waals surface area contributed by atoms with Crippen LogP contribution in [-0.4, -0.2) is 24.7 Å². The highest BCUT2D eigenvalue weighted by molar-refractivity contribution is 6.09. The lowest BCUT2D eigenvalue weighted by Crippen LogP contribution is -2.04. The summed E-state index contributed by atoms with van der Waals surface area (Å²) in [7, 11) is 0. The molecule has 0 fully saturated rings. The molecule has 0 spiro atoms. The first-order valence-electron chi connectivity index (χ1n) is 9.76. The van der Waals surface area contributed by atoms with Gasteiger partial charge in [0.05, 0.1) is 16.6 Å². The van der Waals surface area contributed by atoms with Crippen LogP contribution in [0.25, 0.3) is 27.6 Å². The normalized spacial score (nSPS) is 12.6. The van der Waals surface area contributed by atoms with Crippen molar-refractivity contribution in [3.05, 3.63) is 71.5 Å². The Hall–Kier alpha value is -4.09. The van der Waals surface area contributed by atoms with Crippen LogP contribution in [0.5, 0.6) is 11.9 Å². The molecule has 2 aromatic carbocycles. The number of aromatic nitrogens is 5. The zero-order chi connectivity index (χ0) is 24.3. The van der Waals surface area contributed by atoms with Gasteiger partial charge in [-0.15, -0.1) is 5.10 Å². The monoisotopic (exact) mass is 477 g/mol. The average molecular weight is 477 g/mol. The molecule has 5 rings (SSSR count). The number of nitrogens with zero attached hydrogens (tertiary/aromatic N) is 4. The summed E-state index contributed by atoms with van der Waals surface area (Å²) in [6, 6.07) is 10.6. The molecule has 0 saturated heterocycles. The summed E-state index contributed by atoms with van der Waals surface area (Å²) in [6.07, 6.45) is -7.82. The van der Waals surface area contributed by atoms with Gasteiger partial charge in [-0.05, 0) is 37.3 Å². The van der Waals surface area contributed by atoms with Crippen LogP contribution in [0.15, 0.2) is 54.7 Å². The van der Waals surface area contributed by atoms with Gasteiger partial charge in [-0.25, -0.2) is 4.98 Å². The predicted octanol–water partition coefficient (Wildman–Crippen LogP) is 6.44. The quantitative estimate of drug-likeness (QED) is 0.304. The highest BCUT2D eigenvalue weighted by atomic mass is 19.4. The summed E-state index contributed by atoms with van der Waals surface area (Å²) < 4.78 is 85.3. The molecule has 3 heterocycles. The average Bonchev–Trinajstić information content (AvgIpc) is 3.35. The third-order valence-electron chi connectivity index (χ3n) is 5.15. The first-order chi connectivity index (χ1) is 16.0. The highest BCUT2D eigenvalue weighted by Crippen LogP contribution is 2.37. The van der Waals surface area contributed by atoms with E-state index in [2.05, 4.69) is 15.1 Å². The second-order valence-corrected chi connectivity index (χ2v) is 7.50. The van der Waals surface area contributed by atoms with Gasteiger partial charge >= 0.3 is 18.4 Å². The zero-order valence-electron chi connectivity index (χ0n) is 17.2. The predicted molar refractivity (Wildman–Crippen MR) is 110 cm³/mol. The van der Waals surface area contributed by atoms with Crippen LogP contribution in [0, 0.1) is 6.92 Å². The van der Waals surface area contributed by atoms with Crippen molar-refractivity contribution in [1.82, 2.24) is 24.7 Å². The van der Waals surface area contributed by atoms with E-state index in [1.54, 1.807) is 16.7 Å². The first-order valence-corrected chi connectivity index (χ1v) is 9.76. The molecule has 0 radical (unpaired) electrons. The van der Waals surface area contributed by atoms with Crippen molar-refractivity contribution in [1.29, 1.82) is 0 Å². The number of H-pyrrole nitrogens is 1. The number of aromatic amines is 1. The van der Waals surface area contributed by atoms with E-state index in [4.69, 9.17) is 4.74 Å². The fourth-order valence-corrected chi connectivity index (χ4v) is 3.66. The van der Waals surface area contributed by atoms with Gasteiger partial charge in [-0.1, -0.05) is 11.6 Å².